The van der Waals surface area contributed by atoms with Crippen LogP contribution in [0.25, 0.3) is 12.2 Å². The Hall–Kier alpha value is -3.94. The first kappa shape index (κ1) is 21.4. The number of carbonyl (C=O) groups is 2. The Morgan fingerprint density at radius 3 is 1.93 bits per heavy atom. The lowest BCUT2D eigenvalue weighted by molar-refractivity contribution is -0.131. The molecule has 0 radical (unpaired) electrons. The van der Waals surface area contributed by atoms with Gasteiger partial charge < -0.3 is 29.2 Å². The van der Waals surface area contributed by atoms with Gasteiger partial charge in [0.25, 0.3) is 0 Å². The largest absolute Gasteiger partial charge is 0.504 e. The van der Waals surface area contributed by atoms with Crippen molar-refractivity contribution >= 4 is 24.1 Å². The van der Waals surface area contributed by atoms with Crippen LogP contribution in [0.1, 0.15) is 11.1 Å². The van der Waals surface area contributed by atoms with Crippen LogP contribution in [0.5, 0.6) is 28.7 Å². The van der Waals surface area contributed by atoms with Crippen molar-refractivity contribution in [2.45, 2.75) is 0 Å². The topological polar surface area (TPSA) is 112 Å². The molecule has 0 spiro atoms. The standard InChI is InChI=1S/C21H20O8/c1-26-16-10-13(4-7-15(16)22)6-9-20(25)29-21-17(27-2)11-14(5-8-19(23)24)12-18(21)28-3/h4-12,22H,1-3H3,(H,23,24). The van der Waals surface area contributed by atoms with Gasteiger partial charge in [0.1, 0.15) is 0 Å². The predicted molar refractivity (Wildman–Crippen MR) is 106 cm³/mol. The Balaban J connectivity index is 2.25. The van der Waals surface area contributed by atoms with Gasteiger partial charge in [-0.25, -0.2) is 9.59 Å². The summed E-state index contributed by atoms with van der Waals surface area (Å²) in [5, 5.41) is 18.4. The molecule has 0 aromatic heterocycles. The third-order valence-electron chi connectivity index (χ3n) is 3.72. The third kappa shape index (κ3) is 5.77. The summed E-state index contributed by atoms with van der Waals surface area (Å²) >= 11 is 0. The number of hydrogen-bond acceptors (Lipinski definition) is 7. The highest BCUT2D eigenvalue weighted by molar-refractivity contribution is 5.90. The Morgan fingerprint density at radius 1 is 0.828 bits per heavy atom. The number of aliphatic carboxylic acids is 1. The second-order valence-electron chi connectivity index (χ2n) is 5.61. The SMILES string of the molecule is COc1cc(C=CC(=O)Oc2c(OC)cc(C=CC(=O)O)cc2OC)ccc1O. The molecule has 152 valence electrons. The molecule has 0 unspecified atom stereocenters. The maximum atomic E-state index is 12.3. The maximum absolute atomic E-state index is 12.3. The number of benzene rings is 2. The van der Waals surface area contributed by atoms with Crippen molar-refractivity contribution in [1.29, 1.82) is 0 Å². The van der Waals surface area contributed by atoms with E-state index >= 15 is 0 Å². The number of carbonyl (C=O) groups excluding carboxylic acids is 1. The number of carboxylic acids is 1. The van der Waals surface area contributed by atoms with Gasteiger partial charge in [-0.1, -0.05) is 6.07 Å². The van der Waals surface area contributed by atoms with Gasteiger partial charge in [-0.2, -0.15) is 0 Å². The van der Waals surface area contributed by atoms with Crippen LogP contribution in [-0.2, 0) is 9.59 Å². The summed E-state index contributed by atoms with van der Waals surface area (Å²) in [6, 6.07) is 7.63. The highest BCUT2D eigenvalue weighted by Crippen LogP contribution is 2.39. The normalized spacial score (nSPS) is 10.9. The lowest BCUT2D eigenvalue weighted by Crippen LogP contribution is -2.07. The van der Waals surface area contributed by atoms with Crippen molar-refractivity contribution in [3.63, 3.8) is 0 Å². The zero-order valence-corrected chi connectivity index (χ0v) is 16.0. The molecule has 2 aromatic carbocycles. The van der Waals surface area contributed by atoms with Crippen LogP contribution in [0.3, 0.4) is 0 Å². The van der Waals surface area contributed by atoms with E-state index < -0.39 is 11.9 Å². The van der Waals surface area contributed by atoms with E-state index in [0.717, 1.165) is 6.08 Å². The van der Waals surface area contributed by atoms with Crippen molar-refractivity contribution < 1.29 is 38.7 Å². The van der Waals surface area contributed by atoms with Crippen molar-refractivity contribution in [3.05, 3.63) is 53.6 Å². The van der Waals surface area contributed by atoms with Gasteiger partial charge in [0, 0.05) is 12.2 Å². The number of phenolic OH excluding ortho intramolecular Hbond substituents is 1. The van der Waals surface area contributed by atoms with E-state index in [-0.39, 0.29) is 28.7 Å². The zero-order chi connectivity index (χ0) is 21.4. The lowest BCUT2D eigenvalue weighted by atomic mass is 10.1. The molecule has 0 bridgehead atoms. The number of phenols is 1. The summed E-state index contributed by atoms with van der Waals surface area (Å²) in [5.74, 6) is -1.09. The number of hydrogen-bond donors (Lipinski definition) is 2. The molecule has 2 rings (SSSR count). The van der Waals surface area contributed by atoms with Crippen LogP contribution < -0.4 is 18.9 Å². The number of carboxylic acid groups (broad SMARTS) is 1. The zero-order valence-electron chi connectivity index (χ0n) is 16.0. The minimum Gasteiger partial charge on any atom is -0.504 e. The van der Waals surface area contributed by atoms with E-state index in [0.29, 0.717) is 11.1 Å². The van der Waals surface area contributed by atoms with Gasteiger partial charge >= 0.3 is 11.9 Å². The molecule has 2 N–H and O–H groups in total. The highest BCUT2D eigenvalue weighted by atomic mass is 16.6. The molecule has 0 saturated carbocycles. The van der Waals surface area contributed by atoms with Gasteiger partial charge in [0.15, 0.2) is 23.0 Å². The number of ether oxygens (including phenoxy) is 4. The van der Waals surface area contributed by atoms with E-state index in [2.05, 4.69) is 0 Å². The van der Waals surface area contributed by atoms with E-state index in [1.807, 2.05) is 0 Å². The van der Waals surface area contributed by atoms with Gasteiger partial charge in [-0.05, 0) is 47.5 Å². The first-order valence-corrected chi connectivity index (χ1v) is 8.31. The van der Waals surface area contributed by atoms with E-state index in [1.54, 1.807) is 12.1 Å². The molecule has 0 amide bonds. The Kier molecular flexibility index (Phi) is 7.25. The molecule has 0 aliphatic rings. The van der Waals surface area contributed by atoms with Crippen LogP contribution in [0.15, 0.2) is 42.5 Å². The molecular weight excluding hydrogens is 380 g/mol. The molecule has 0 aliphatic carbocycles. The Morgan fingerprint density at radius 2 is 1.38 bits per heavy atom. The van der Waals surface area contributed by atoms with Gasteiger partial charge in [0.05, 0.1) is 21.3 Å². The smallest absolute Gasteiger partial charge is 0.336 e. The van der Waals surface area contributed by atoms with Gasteiger partial charge in [0.2, 0.25) is 5.75 Å². The van der Waals surface area contributed by atoms with Crippen molar-refractivity contribution in [2.75, 3.05) is 21.3 Å². The van der Waals surface area contributed by atoms with Crippen LogP contribution in [0.4, 0.5) is 0 Å². The van der Waals surface area contributed by atoms with Gasteiger partial charge in [-0.15, -0.1) is 0 Å². The lowest BCUT2D eigenvalue weighted by Gasteiger charge is -2.13. The molecule has 0 fully saturated rings. The number of rotatable bonds is 8. The first-order chi connectivity index (χ1) is 13.9. The third-order valence-corrected chi connectivity index (χ3v) is 3.72. The summed E-state index contributed by atoms with van der Waals surface area (Å²) in [4.78, 5) is 22.9. The molecule has 8 nitrogen and oxygen atoms in total. The summed E-state index contributed by atoms with van der Waals surface area (Å²) in [6.45, 7) is 0. The molecular formula is C21H20O8. The van der Waals surface area contributed by atoms with E-state index in [4.69, 9.17) is 24.1 Å². The number of methoxy groups -OCH3 is 3. The summed E-state index contributed by atoms with van der Waals surface area (Å²) in [7, 11) is 4.19. The van der Waals surface area contributed by atoms with Crippen LogP contribution >= 0.6 is 0 Å². The average Bonchev–Trinajstić information content (AvgIpc) is 2.71. The molecule has 29 heavy (non-hydrogen) atoms. The number of esters is 1. The van der Waals surface area contributed by atoms with Crippen molar-refractivity contribution in [1.82, 2.24) is 0 Å². The Bertz CT molecular complexity index is 934. The average molecular weight is 400 g/mol. The Labute approximate surface area is 167 Å². The number of aromatic hydroxyl groups is 1. The van der Waals surface area contributed by atoms with E-state index in [1.165, 1.54) is 57.8 Å². The molecule has 0 aliphatic heterocycles. The fourth-order valence-corrected chi connectivity index (χ4v) is 2.36. The summed E-state index contributed by atoms with van der Waals surface area (Å²) in [6.07, 6.45) is 5.02. The molecule has 8 heteroatoms. The van der Waals surface area contributed by atoms with Crippen molar-refractivity contribution in [3.8, 4) is 28.7 Å². The van der Waals surface area contributed by atoms with Crippen LogP contribution in [0.2, 0.25) is 0 Å². The highest BCUT2D eigenvalue weighted by Gasteiger charge is 2.16. The molecule has 2 aromatic rings. The summed E-state index contributed by atoms with van der Waals surface area (Å²) < 4.78 is 20.8. The quantitative estimate of drug-likeness (QED) is 0.395. The fraction of sp³-hybridized carbons (Fsp3) is 0.143. The fourth-order valence-electron chi connectivity index (χ4n) is 2.36. The van der Waals surface area contributed by atoms with Gasteiger partial charge in [-0.3, -0.25) is 0 Å². The van der Waals surface area contributed by atoms with Crippen LogP contribution in [0, 0.1) is 0 Å². The maximum Gasteiger partial charge on any atom is 0.336 e. The molecule has 0 heterocycles. The summed E-state index contributed by atoms with van der Waals surface area (Å²) in [5.41, 5.74) is 1.11. The second-order valence-corrected chi connectivity index (χ2v) is 5.61. The predicted octanol–water partition coefficient (Wildman–Crippen LogP) is 3.13. The minimum absolute atomic E-state index is 0.0151. The first-order valence-electron chi connectivity index (χ1n) is 8.31. The second kappa shape index (κ2) is 9.84. The van der Waals surface area contributed by atoms with E-state index in [9.17, 15) is 14.7 Å². The molecule has 0 saturated heterocycles. The minimum atomic E-state index is -1.10. The monoisotopic (exact) mass is 400 g/mol. The van der Waals surface area contributed by atoms with Crippen molar-refractivity contribution in [2.24, 2.45) is 0 Å². The molecule has 0 atom stereocenters. The van der Waals surface area contributed by atoms with Crippen LogP contribution in [-0.4, -0.2) is 43.5 Å².